The number of carbonyl (C=O) groups is 2. The van der Waals surface area contributed by atoms with Crippen molar-refractivity contribution in [2.45, 2.75) is 90.8 Å². The van der Waals surface area contributed by atoms with Crippen LogP contribution in [-0.2, 0) is 31.6 Å². The van der Waals surface area contributed by atoms with Crippen molar-refractivity contribution in [2.24, 2.45) is 0 Å². The van der Waals surface area contributed by atoms with Crippen molar-refractivity contribution in [1.29, 1.82) is 0 Å². The van der Waals surface area contributed by atoms with Gasteiger partial charge in [0.25, 0.3) is 0 Å². The van der Waals surface area contributed by atoms with Gasteiger partial charge in [0, 0.05) is 12.6 Å². The molecule has 2 aromatic carbocycles. The van der Waals surface area contributed by atoms with Crippen molar-refractivity contribution in [3.05, 3.63) is 65.2 Å². The largest absolute Gasteiger partial charge is 0.352 e. The summed E-state index contributed by atoms with van der Waals surface area (Å²) in [6.07, 6.45) is 5.60. The van der Waals surface area contributed by atoms with Gasteiger partial charge in [0.1, 0.15) is 12.6 Å². The number of aryl methyl sites for hydroxylation is 1. The number of benzene rings is 2. The maximum atomic E-state index is 13.9. The molecule has 0 saturated heterocycles. The van der Waals surface area contributed by atoms with E-state index in [9.17, 15) is 18.0 Å². The Morgan fingerprint density at radius 2 is 1.63 bits per heavy atom. The molecule has 0 spiro atoms. The summed E-state index contributed by atoms with van der Waals surface area (Å²) in [6, 6.07) is 14.4. The quantitative estimate of drug-likeness (QED) is 0.462. The highest BCUT2D eigenvalue weighted by atomic mass is 32.2. The molecule has 1 aliphatic rings. The number of rotatable bonds is 10. The van der Waals surface area contributed by atoms with Crippen molar-refractivity contribution in [3.63, 3.8) is 0 Å². The highest BCUT2D eigenvalue weighted by Crippen LogP contribution is 2.27. The first-order valence-electron chi connectivity index (χ1n) is 13.5. The van der Waals surface area contributed by atoms with Gasteiger partial charge in [0.05, 0.1) is 11.9 Å². The summed E-state index contributed by atoms with van der Waals surface area (Å²) >= 11 is 0. The Morgan fingerprint density at radius 1 is 1.03 bits per heavy atom. The zero-order chi connectivity index (χ0) is 28.1. The Kier molecular flexibility index (Phi) is 9.63. The standard InChI is InChI=1S/C30H43N3O4S/c1-7-27(29(35)31-25-14-10-11-15-25)32(20-23-13-9-8-12-22(23)2)28(34)21-33(38(6,36)37)26-18-16-24(17-19-26)30(3,4)5/h8-9,12-13,16-19,25,27H,7,10-11,14-15,20-21H2,1-6H3,(H,31,35). The van der Waals surface area contributed by atoms with Gasteiger partial charge in [-0.15, -0.1) is 0 Å². The van der Waals surface area contributed by atoms with Crippen molar-refractivity contribution in [2.75, 3.05) is 17.1 Å². The monoisotopic (exact) mass is 541 g/mol. The number of amides is 2. The molecule has 0 bridgehead atoms. The van der Waals surface area contributed by atoms with Gasteiger partial charge in [-0.05, 0) is 60.4 Å². The summed E-state index contributed by atoms with van der Waals surface area (Å²) in [4.78, 5) is 28.8. The fraction of sp³-hybridized carbons (Fsp3) is 0.533. The molecule has 1 unspecified atom stereocenters. The number of hydrogen-bond acceptors (Lipinski definition) is 4. The Bertz CT molecular complexity index is 1210. The minimum atomic E-state index is -3.76. The molecule has 208 valence electrons. The summed E-state index contributed by atoms with van der Waals surface area (Å²) in [6.45, 7) is 9.96. The van der Waals surface area contributed by atoms with Crippen LogP contribution in [0, 0.1) is 6.92 Å². The van der Waals surface area contributed by atoms with E-state index in [2.05, 4.69) is 26.1 Å². The highest BCUT2D eigenvalue weighted by Gasteiger charge is 2.33. The molecular formula is C30H43N3O4S. The van der Waals surface area contributed by atoms with Gasteiger partial charge in [0.2, 0.25) is 21.8 Å². The number of anilines is 1. The first-order chi connectivity index (χ1) is 17.8. The van der Waals surface area contributed by atoms with E-state index >= 15 is 0 Å². The minimum Gasteiger partial charge on any atom is -0.352 e. The average molecular weight is 542 g/mol. The summed E-state index contributed by atoms with van der Waals surface area (Å²) in [5.41, 5.74) is 3.34. The number of nitrogens with one attached hydrogen (secondary N) is 1. The number of hydrogen-bond donors (Lipinski definition) is 1. The lowest BCUT2D eigenvalue weighted by molar-refractivity contribution is -0.140. The van der Waals surface area contributed by atoms with Crippen molar-refractivity contribution in [3.8, 4) is 0 Å². The first-order valence-corrected chi connectivity index (χ1v) is 15.4. The van der Waals surface area contributed by atoms with E-state index in [1.54, 1.807) is 17.0 Å². The lowest BCUT2D eigenvalue weighted by atomic mass is 9.87. The van der Waals surface area contributed by atoms with Crippen LogP contribution in [0.2, 0.25) is 0 Å². The molecule has 2 amide bonds. The fourth-order valence-electron chi connectivity index (χ4n) is 5.00. The summed E-state index contributed by atoms with van der Waals surface area (Å²) in [7, 11) is -3.76. The van der Waals surface area contributed by atoms with Gasteiger partial charge in [-0.25, -0.2) is 8.42 Å². The third kappa shape index (κ3) is 7.59. The van der Waals surface area contributed by atoms with Gasteiger partial charge >= 0.3 is 0 Å². The molecule has 1 fully saturated rings. The predicted octanol–water partition coefficient (Wildman–Crippen LogP) is 4.92. The second-order valence-corrected chi connectivity index (χ2v) is 13.3. The Balaban J connectivity index is 1.93. The van der Waals surface area contributed by atoms with Crippen LogP contribution in [0.5, 0.6) is 0 Å². The van der Waals surface area contributed by atoms with E-state index in [4.69, 9.17) is 0 Å². The second kappa shape index (κ2) is 12.3. The number of sulfonamides is 1. The SMILES string of the molecule is CCC(C(=O)NC1CCCC1)N(Cc1ccccc1C)C(=O)CN(c1ccc(C(C)(C)C)cc1)S(C)(=O)=O. The lowest BCUT2D eigenvalue weighted by Crippen LogP contribution is -2.53. The molecule has 3 rings (SSSR count). The third-order valence-electron chi connectivity index (χ3n) is 7.39. The van der Waals surface area contributed by atoms with Crippen LogP contribution in [0.1, 0.15) is 76.5 Å². The predicted molar refractivity (Wildman–Crippen MR) is 154 cm³/mol. The molecule has 8 heteroatoms. The summed E-state index contributed by atoms with van der Waals surface area (Å²) < 4.78 is 26.9. The molecule has 1 aliphatic carbocycles. The number of carbonyl (C=O) groups excluding carboxylic acids is 2. The van der Waals surface area contributed by atoms with E-state index in [0.717, 1.165) is 52.9 Å². The highest BCUT2D eigenvalue weighted by molar-refractivity contribution is 7.92. The zero-order valence-corrected chi connectivity index (χ0v) is 24.5. The maximum absolute atomic E-state index is 13.9. The van der Waals surface area contributed by atoms with Crippen molar-refractivity contribution >= 4 is 27.5 Å². The van der Waals surface area contributed by atoms with Crippen molar-refractivity contribution < 1.29 is 18.0 Å². The second-order valence-electron chi connectivity index (χ2n) is 11.4. The van der Waals surface area contributed by atoms with Crippen molar-refractivity contribution in [1.82, 2.24) is 10.2 Å². The van der Waals surface area contributed by atoms with E-state index in [1.165, 1.54) is 0 Å². The Hall–Kier alpha value is -2.87. The third-order valence-corrected chi connectivity index (χ3v) is 8.53. The summed E-state index contributed by atoms with van der Waals surface area (Å²) in [5, 5.41) is 3.14. The molecule has 38 heavy (non-hydrogen) atoms. The van der Waals surface area contributed by atoms with Crippen LogP contribution in [0.3, 0.4) is 0 Å². The molecular weight excluding hydrogens is 498 g/mol. The zero-order valence-electron chi connectivity index (χ0n) is 23.7. The molecule has 1 N–H and O–H groups in total. The smallest absolute Gasteiger partial charge is 0.244 e. The van der Waals surface area contributed by atoms with Gasteiger partial charge in [-0.2, -0.15) is 0 Å². The average Bonchev–Trinajstić information content (AvgIpc) is 3.35. The first kappa shape index (κ1) is 29.7. The van der Waals surface area contributed by atoms with E-state index in [0.29, 0.717) is 12.1 Å². The normalized spacial score (nSPS) is 15.2. The van der Waals surface area contributed by atoms with E-state index in [1.807, 2.05) is 50.2 Å². The Labute approximate surface area is 228 Å². The van der Waals surface area contributed by atoms with Crippen LogP contribution in [0.25, 0.3) is 0 Å². The van der Waals surface area contributed by atoms with Crippen LogP contribution >= 0.6 is 0 Å². The van der Waals surface area contributed by atoms with Crippen LogP contribution in [0.4, 0.5) is 5.69 Å². The Morgan fingerprint density at radius 3 is 2.16 bits per heavy atom. The molecule has 0 aliphatic heterocycles. The van der Waals surface area contributed by atoms with Gasteiger partial charge in [0.15, 0.2) is 0 Å². The van der Waals surface area contributed by atoms with Crippen LogP contribution in [0.15, 0.2) is 48.5 Å². The molecule has 0 heterocycles. The van der Waals surface area contributed by atoms with E-state index in [-0.39, 0.29) is 30.5 Å². The lowest BCUT2D eigenvalue weighted by Gasteiger charge is -2.34. The van der Waals surface area contributed by atoms with Crippen LogP contribution in [-0.4, -0.2) is 50.0 Å². The maximum Gasteiger partial charge on any atom is 0.244 e. The van der Waals surface area contributed by atoms with Gasteiger partial charge in [-0.3, -0.25) is 13.9 Å². The number of nitrogens with zero attached hydrogens (tertiary/aromatic N) is 2. The molecule has 1 atom stereocenters. The minimum absolute atomic E-state index is 0.0877. The molecule has 7 nitrogen and oxygen atoms in total. The van der Waals surface area contributed by atoms with Gasteiger partial charge < -0.3 is 10.2 Å². The molecule has 0 aromatic heterocycles. The fourth-order valence-corrected chi connectivity index (χ4v) is 5.85. The molecule has 1 saturated carbocycles. The van der Waals surface area contributed by atoms with Gasteiger partial charge in [-0.1, -0.05) is 76.9 Å². The van der Waals surface area contributed by atoms with E-state index < -0.39 is 22.0 Å². The van der Waals surface area contributed by atoms with Crippen LogP contribution < -0.4 is 9.62 Å². The molecule has 2 aromatic rings. The molecule has 0 radical (unpaired) electrons. The summed E-state index contributed by atoms with van der Waals surface area (Å²) in [5.74, 6) is -0.589. The topological polar surface area (TPSA) is 86.8 Å².